The molecule has 0 amide bonds. The first-order chi connectivity index (χ1) is 23.7. The summed E-state index contributed by atoms with van der Waals surface area (Å²) >= 11 is 3.31. The molecule has 3 aliphatic carbocycles. The number of phenols is 1. The van der Waals surface area contributed by atoms with E-state index < -0.39 is 6.10 Å². The predicted octanol–water partition coefficient (Wildman–Crippen LogP) is 8.35. The Morgan fingerprint density at radius 2 is 1.78 bits per heavy atom. The van der Waals surface area contributed by atoms with E-state index in [9.17, 15) is 15.0 Å². The van der Waals surface area contributed by atoms with Crippen LogP contribution < -0.4 is 16.4 Å². The Balaban J connectivity index is 1.23. The molecule has 3 fully saturated rings. The molecule has 262 valence electrons. The zero-order valence-electron chi connectivity index (χ0n) is 29.0. The molecule has 49 heavy (non-hydrogen) atoms. The summed E-state index contributed by atoms with van der Waals surface area (Å²) in [6, 6.07) is 14.2. The van der Waals surface area contributed by atoms with Crippen LogP contribution in [0.3, 0.4) is 0 Å². The number of nitrogens with two attached hydrogens (primary N) is 1. The van der Waals surface area contributed by atoms with Gasteiger partial charge in [-0.25, -0.2) is 0 Å². The average molecular weight is 701 g/mol. The molecule has 3 saturated carbocycles. The second-order valence-corrected chi connectivity index (χ2v) is 16.8. The molecule has 9 heteroatoms. The number of carbonyl (C=O) groups excluding carboxylic acids is 1. The molecule has 7 nitrogen and oxygen atoms in total. The van der Waals surface area contributed by atoms with Gasteiger partial charge >= 0.3 is 0 Å². The number of benzene rings is 1. The largest absolute Gasteiger partial charge is 0.508 e. The van der Waals surface area contributed by atoms with Gasteiger partial charge in [-0.05, 0) is 119 Å². The van der Waals surface area contributed by atoms with Crippen molar-refractivity contribution in [3.8, 4) is 27.3 Å². The monoisotopic (exact) mass is 700 g/mol. The molecule has 0 radical (unpaired) electrons. The first-order valence-electron chi connectivity index (χ1n) is 18.2. The molecule has 4 atom stereocenters. The van der Waals surface area contributed by atoms with Crippen LogP contribution in [0, 0.1) is 29.1 Å². The molecule has 0 bridgehead atoms. The van der Waals surface area contributed by atoms with Crippen molar-refractivity contribution < 1.29 is 15.0 Å². The molecule has 2 aromatic heterocycles. The Kier molecular flexibility index (Phi) is 11.7. The van der Waals surface area contributed by atoms with Gasteiger partial charge in [0.1, 0.15) is 5.75 Å². The van der Waals surface area contributed by atoms with Gasteiger partial charge in [0.2, 0.25) is 0 Å². The molecule has 3 aliphatic rings. The van der Waals surface area contributed by atoms with E-state index in [1.807, 2.05) is 19.1 Å². The van der Waals surface area contributed by atoms with Crippen LogP contribution in [0.15, 0.2) is 47.5 Å². The number of anilines is 1. The molecule has 0 unspecified atom stereocenters. The van der Waals surface area contributed by atoms with Gasteiger partial charge in [-0.2, -0.15) is 0 Å². The lowest BCUT2D eigenvalue weighted by molar-refractivity contribution is 0.0411. The molecular weight excluding hydrogens is 649 g/mol. The van der Waals surface area contributed by atoms with E-state index in [-0.39, 0.29) is 29.2 Å². The van der Waals surface area contributed by atoms with Crippen LogP contribution >= 0.6 is 22.7 Å². The van der Waals surface area contributed by atoms with Gasteiger partial charge in [0.25, 0.3) is 0 Å². The van der Waals surface area contributed by atoms with Gasteiger partial charge in [-0.3, -0.25) is 9.79 Å². The summed E-state index contributed by atoms with van der Waals surface area (Å²) in [5, 5.41) is 27.4. The number of hydrogen-bond acceptors (Lipinski definition) is 7. The number of ketones is 1. The number of phenolic OH excluding ortho intramolecular Hbond substituents is 1. The van der Waals surface area contributed by atoms with Crippen molar-refractivity contribution in [3.05, 3.63) is 57.8 Å². The molecule has 1 spiro atoms. The number of Topliss-reactive ketones (excluding diaryl/α,β-unsaturated/α-hetero) is 1. The third kappa shape index (κ3) is 8.89. The van der Waals surface area contributed by atoms with Crippen LogP contribution in [0.1, 0.15) is 111 Å². The van der Waals surface area contributed by atoms with E-state index >= 15 is 0 Å². The van der Waals surface area contributed by atoms with Gasteiger partial charge < -0.3 is 26.6 Å². The highest BCUT2D eigenvalue weighted by atomic mass is 32.1. The summed E-state index contributed by atoms with van der Waals surface area (Å²) in [4.78, 5) is 23.5. The normalized spacial score (nSPS) is 22.3. The zero-order chi connectivity index (χ0) is 34.4. The number of aromatic hydroxyl groups is 1. The molecule has 1 aromatic carbocycles. The second-order valence-electron chi connectivity index (χ2n) is 14.6. The first kappa shape index (κ1) is 35.5. The Morgan fingerprint density at radius 3 is 2.53 bits per heavy atom. The Hall–Kier alpha value is -3.32. The van der Waals surface area contributed by atoms with E-state index in [4.69, 9.17) is 10.7 Å². The summed E-state index contributed by atoms with van der Waals surface area (Å²) < 4.78 is 0. The predicted molar refractivity (Wildman–Crippen MR) is 204 cm³/mol. The number of thiophene rings is 2. The van der Waals surface area contributed by atoms with E-state index in [1.54, 1.807) is 35.7 Å². The minimum absolute atomic E-state index is 0.0138. The van der Waals surface area contributed by atoms with E-state index in [2.05, 4.69) is 46.7 Å². The number of nitrogens with zero attached hydrogens (tertiary/aromatic N) is 1. The molecule has 0 saturated heterocycles. The fourth-order valence-electron chi connectivity index (χ4n) is 8.66. The molecule has 6 N–H and O–H groups in total. The van der Waals surface area contributed by atoms with Crippen LogP contribution in [0.5, 0.6) is 5.75 Å². The standard InChI is InChI=1S/C40H52N4O3S2/c1-3-9-32-13-15-35(48-32)36-16-17-37(49-36)38(47)33-14-12-28(24-40(33)18-7-8-19-40)34(44-39(41)43-29-10-5-4-6-11-29)22-27-20-30(23-31(46)21-27)42-25-26(2)45/h13,15-17,20-21,23,26,28-29,33-34,42,45-46H,4-8,10-12,14,18-19,22,24-25H2,1-2H3,(H3,41,43,44)/t26-,28+,33-,34-/m0/s1. The summed E-state index contributed by atoms with van der Waals surface area (Å²) in [6.07, 6.45) is 13.3. The van der Waals surface area contributed by atoms with Crippen molar-refractivity contribution in [3.63, 3.8) is 0 Å². The Labute approximate surface area is 299 Å². The second kappa shape index (κ2) is 16.1. The summed E-state index contributed by atoms with van der Waals surface area (Å²) in [7, 11) is 0. The van der Waals surface area contributed by atoms with Crippen LogP contribution in [0.25, 0.3) is 9.75 Å². The van der Waals surface area contributed by atoms with Gasteiger partial charge in [0.15, 0.2) is 11.7 Å². The van der Waals surface area contributed by atoms with Gasteiger partial charge in [-0.1, -0.05) is 38.0 Å². The number of hydrogen-bond donors (Lipinski definition) is 5. The van der Waals surface area contributed by atoms with E-state index in [0.717, 1.165) is 83.7 Å². The van der Waals surface area contributed by atoms with Crippen molar-refractivity contribution in [2.24, 2.45) is 28.0 Å². The summed E-state index contributed by atoms with van der Waals surface area (Å²) in [6.45, 7) is 4.00. The fraction of sp³-hybridized carbons (Fsp3) is 0.550. The van der Waals surface area contributed by atoms with Crippen molar-refractivity contribution in [2.45, 2.75) is 116 Å². The van der Waals surface area contributed by atoms with Crippen LogP contribution in [-0.2, 0) is 6.42 Å². The topological polar surface area (TPSA) is 120 Å². The van der Waals surface area contributed by atoms with Crippen molar-refractivity contribution in [1.29, 1.82) is 0 Å². The molecular formula is C40H52N4O3S2. The van der Waals surface area contributed by atoms with Crippen LogP contribution in [0.4, 0.5) is 5.69 Å². The Morgan fingerprint density at radius 1 is 1.02 bits per heavy atom. The number of aliphatic hydroxyl groups is 1. The van der Waals surface area contributed by atoms with Crippen LogP contribution in [0.2, 0.25) is 0 Å². The number of carbonyl (C=O) groups is 1. The molecule has 6 rings (SSSR count). The average Bonchev–Trinajstić information content (AvgIpc) is 3.86. The minimum atomic E-state index is -0.499. The van der Waals surface area contributed by atoms with Crippen LogP contribution in [-0.4, -0.2) is 46.7 Å². The maximum absolute atomic E-state index is 14.3. The third-order valence-corrected chi connectivity index (χ3v) is 13.2. The SMILES string of the molecule is CC#Cc1ccc(-c2ccc(C(=O)[C@@H]3CC[C@@H]([C@H](Cc4cc(O)cc(NC[C@H](C)O)c4)NC(N)=NC4CCCCC4)CC34CCCC4)s2)s1. The minimum Gasteiger partial charge on any atom is -0.508 e. The highest BCUT2D eigenvalue weighted by Crippen LogP contribution is 2.56. The summed E-state index contributed by atoms with van der Waals surface area (Å²) in [5.41, 5.74) is 8.43. The van der Waals surface area contributed by atoms with Gasteiger partial charge in [0, 0.05) is 40.0 Å². The molecule has 0 aliphatic heterocycles. The number of aliphatic hydroxyl groups excluding tert-OH is 1. The maximum atomic E-state index is 14.3. The van der Waals surface area contributed by atoms with E-state index in [0.29, 0.717) is 30.6 Å². The lowest BCUT2D eigenvalue weighted by Gasteiger charge is -2.46. The van der Waals surface area contributed by atoms with Gasteiger partial charge in [0.05, 0.1) is 21.9 Å². The van der Waals surface area contributed by atoms with Gasteiger partial charge in [-0.15, -0.1) is 28.6 Å². The fourth-order valence-corrected chi connectivity index (χ4v) is 10.7. The number of nitrogens with one attached hydrogen (secondary N) is 2. The first-order valence-corrected chi connectivity index (χ1v) is 19.9. The number of rotatable bonds is 11. The highest BCUT2D eigenvalue weighted by molar-refractivity contribution is 7.23. The molecule has 3 aromatic rings. The quantitative estimate of drug-likeness (QED) is 0.0594. The van der Waals surface area contributed by atoms with Crippen molar-refractivity contribution >= 4 is 40.1 Å². The highest BCUT2D eigenvalue weighted by Gasteiger charge is 2.50. The Bertz CT molecular complexity index is 1670. The van der Waals surface area contributed by atoms with Crippen molar-refractivity contribution in [2.75, 3.05) is 11.9 Å². The third-order valence-electron chi connectivity index (χ3n) is 10.9. The van der Waals surface area contributed by atoms with E-state index in [1.165, 1.54) is 24.1 Å². The lowest BCUT2D eigenvalue weighted by Crippen LogP contribution is -2.50. The number of guanidine groups is 1. The maximum Gasteiger partial charge on any atom is 0.189 e. The number of aliphatic imine (C=N–C) groups is 1. The summed E-state index contributed by atoms with van der Waals surface area (Å²) in [5.74, 6) is 7.47. The zero-order valence-corrected chi connectivity index (χ0v) is 30.6. The lowest BCUT2D eigenvalue weighted by atomic mass is 9.59. The smallest absolute Gasteiger partial charge is 0.189 e. The van der Waals surface area contributed by atoms with Crippen molar-refractivity contribution in [1.82, 2.24) is 5.32 Å². The molecule has 2 heterocycles.